The van der Waals surface area contributed by atoms with Gasteiger partial charge < -0.3 is 20.9 Å². The number of nitrogens with two attached hydrogens (primary N) is 1. The molecule has 98 valence electrons. The van der Waals surface area contributed by atoms with Crippen molar-refractivity contribution in [3.05, 3.63) is 29.6 Å². The molecule has 4 N–H and O–H groups in total. The van der Waals surface area contributed by atoms with Gasteiger partial charge in [0.25, 0.3) is 0 Å². The van der Waals surface area contributed by atoms with Crippen LogP contribution in [0.4, 0.5) is 10.1 Å². The van der Waals surface area contributed by atoms with E-state index in [9.17, 15) is 9.50 Å². The smallest absolute Gasteiger partial charge is 0.172 e. The number of amidine groups is 1. The second-order valence-electron chi connectivity index (χ2n) is 4.82. The van der Waals surface area contributed by atoms with Gasteiger partial charge in [0, 0.05) is 24.3 Å². The number of rotatable bonds is 2. The lowest BCUT2D eigenvalue weighted by Crippen LogP contribution is -2.31. The van der Waals surface area contributed by atoms with Crippen LogP contribution >= 0.6 is 0 Å². The number of hydrogen-bond donors (Lipinski definition) is 3. The van der Waals surface area contributed by atoms with Crippen LogP contribution in [0.5, 0.6) is 0 Å². The lowest BCUT2D eigenvalue weighted by atomic mass is 10.1. The number of aliphatic hydroxyl groups is 1. The minimum atomic E-state index is -0.767. The number of anilines is 1. The molecule has 1 fully saturated rings. The van der Waals surface area contributed by atoms with Gasteiger partial charge in [-0.3, -0.25) is 0 Å². The Hall–Kier alpha value is -1.82. The van der Waals surface area contributed by atoms with Gasteiger partial charge in [0.15, 0.2) is 5.84 Å². The fourth-order valence-corrected chi connectivity index (χ4v) is 2.19. The Bertz CT molecular complexity index is 488. The normalized spacial score (nSPS) is 24.6. The molecule has 0 amide bonds. The monoisotopic (exact) mass is 253 g/mol. The minimum Gasteiger partial charge on any atom is -0.409 e. The summed E-state index contributed by atoms with van der Waals surface area (Å²) in [5.41, 5.74) is 5.76. The summed E-state index contributed by atoms with van der Waals surface area (Å²) in [6, 6.07) is 4.11. The predicted octanol–water partition coefficient (Wildman–Crippen LogP) is 0.881. The van der Waals surface area contributed by atoms with Gasteiger partial charge in [0.2, 0.25) is 0 Å². The van der Waals surface area contributed by atoms with Crippen molar-refractivity contribution in [1.82, 2.24) is 0 Å². The van der Waals surface area contributed by atoms with Gasteiger partial charge in [-0.1, -0.05) is 5.16 Å². The molecule has 6 heteroatoms. The highest BCUT2D eigenvalue weighted by molar-refractivity contribution is 6.02. The lowest BCUT2D eigenvalue weighted by Gasteiger charge is -2.23. The highest BCUT2D eigenvalue weighted by atomic mass is 19.1. The van der Waals surface area contributed by atoms with Crippen LogP contribution in [-0.4, -0.2) is 34.8 Å². The van der Waals surface area contributed by atoms with Crippen LogP contribution in [0.3, 0.4) is 0 Å². The van der Waals surface area contributed by atoms with E-state index in [4.69, 9.17) is 10.9 Å². The first-order chi connectivity index (χ1) is 8.43. The minimum absolute atomic E-state index is 0.143. The Morgan fingerprint density at radius 1 is 1.56 bits per heavy atom. The van der Waals surface area contributed by atoms with Gasteiger partial charge >= 0.3 is 0 Å². The number of nitrogens with zero attached hydrogens (tertiary/aromatic N) is 2. The Labute approximate surface area is 104 Å². The number of oxime groups is 1. The molecule has 18 heavy (non-hydrogen) atoms. The second kappa shape index (κ2) is 4.45. The lowest BCUT2D eigenvalue weighted by molar-refractivity contribution is 0.0839. The van der Waals surface area contributed by atoms with E-state index in [0.29, 0.717) is 30.8 Å². The molecule has 0 aliphatic carbocycles. The summed E-state index contributed by atoms with van der Waals surface area (Å²) in [6.07, 6.45) is 0.625. The molecule has 0 bridgehead atoms. The summed E-state index contributed by atoms with van der Waals surface area (Å²) in [6.45, 7) is 2.83. The zero-order valence-corrected chi connectivity index (χ0v) is 10.1. The fraction of sp³-hybridized carbons (Fsp3) is 0.417. The summed E-state index contributed by atoms with van der Waals surface area (Å²) >= 11 is 0. The van der Waals surface area contributed by atoms with Crippen molar-refractivity contribution in [3.8, 4) is 0 Å². The molecule has 0 saturated carbocycles. The fourth-order valence-electron chi connectivity index (χ4n) is 2.19. The van der Waals surface area contributed by atoms with E-state index in [-0.39, 0.29) is 5.84 Å². The maximum atomic E-state index is 13.2. The summed E-state index contributed by atoms with van der Waals surface area (Å²) in [4.78, 5) is 1.90. The van der Waals surface area contributed by atoms with Gasteiger partial charge in [-0.25, -0.2) is 4.39 Å². The van der Waals surface area contributed by atoms with Crippen molar-refractivity contribution in [2.24, 2.45) is 10.9 Å². The third-order valence-corrected chi connectivity index (χ3v) is 3.13. The van der Waals surface area contributed by atoms with Crippen LogP contribution in [0.1, 0.15) is 18.9 Å². The molecular weight excluding hydrogens is 237 g/mol. The molecule has 1 saturated heterocycles. The van der Waals surface area contributed by atoms with Crippen molar-refractivity contribution in [3.63, 3.8) is 0 Å². The molecule has 1 atom stereocenters. The van der Waals surface area contributed by atoms with Crippen molar-refractivity contribution < 1.29 is 14.7 Å². The van der Waals surface area contributed by atoms with Gasteiger partial charge in [0.05, 0.1) is 5.60 Å². The number of hydrogen-bond acceptors (Lipinski definition) is 4. The van der Waals surface area contributed by atoms with E-state index in [1.807, 2.05) is 4.90 Å². The summed E-state index contributed by atoms with van der Waals surface area (Å²) in [5.74, 6) is -0.595. The van der Waals surface area contributed by atoms with E-state index in [1.54, 1.807) is 13.0 Å². The molecule has 2 rings (SSSR count). The molecule has 1 aromatic carbocycles. The first-order valence-electron chi connectivity index (χ1n) is 5.68. The largest absolute Gasteiger partial charge is 0.409 e. The van der Waals surface area contributed by atoms with E-state index in [0.717, 1.165) is 0 Å². The molecule has 1 unspecified atom stereocenters. The van der Waals surface area contributed by atoms with Crippen LogP contribution in [0.15, 0.2) is 23.4 Å². The van der Waals surface area contributed by atoms with Gasteiger partial charge in [-0.05, 0) is 31.5 Å². The summed E-state index contributed by atoms with van der Waals surface area (Å²) in [7, 11) is 0. The Kier molecular flexibility index (Phi) is 3.13. The molecule has 0 radical (unpaired) electrons. The molecule has 1 aromatic rings. The number of β-amino-alcohol motifs (C(OH)–C–C–N with tert-alkyl or cyclic N) is 1. The Morgan fingerprint density at radius 2 is 2.28 bits per heavy atom. The zero-order valence-electron chi connectivity index (χ0n) is 10.1. The van der Waals surface area contributed by atoms with Gasteiger partial charge in [-0.15, -0.1) is 0 Å². The summed E-state index contributed by atoms with van der Waals surface area (Å²) < 4.78 is 13.2. The van der Waals surface area contributed by atoms with Gasteiger partial charge in [0.1, 0.15) is 5.82 Å². The van der Waals surface area contributed by atoms with E-state index in [2.05, 4.69) is 5.16 Å². The van der Waals surface area contributed by atoms with Crippen molar-refractivity contribution in [2.45, 2.75) is 18.9 Å². The van der Waals surface area contributed by atoms with E-state index in [1.165, 1.54) is 12.1 Å². The van der Waals surface area contributed by atoms with E-state index < -0.39 is 11.4 Å². The third kappa shape index (κ3) is 2.38. The molecule has 1 aliphatic rings. The molecular formula is C12H16FN3O2. The second-order valence-corrected chi connectivity index (χ2v) is 4.82. The first-order valence-corrected chi connectivity index (χ1v) is 5.68. The molecule has 0 aromatic heterocycles. The standard InChI is InChI=1S/C12H16FN3O2/c1-12(17)4-5-16(7-12)10-3-2-8(13)6-9(10)11(14)15-18/h2-3,6,17-18H,4-5,7H2,1H3,(H2,14,15). The zero-order chi connectivity index (χ0) is 13.3. The third-order valence-electron chi connectivity index (χ3n) is 3.13. The SMILES string of the molecule is CC1(O)CCN(c2ccc(F)cc2/C(N)=N/O)C1. The number of benzene rings is 1. The van der Waals surface area contributed by atoms with Crippen LogP contribution in [-0.2, 0) is 0 Å². The van der Waals surface area contributed by atoms with Crippen LogP contribution in [0, 0.1) is 5.82 Å². The average Bonchev–Trinajstić information content (AvgIpc) is 2.68. The topological polar surface area (TPSA) is 82.1 Å². The van der Waals surface area contributed by atoms with Gasteiger partial charge in [-0.2, -0.15) is 0 Å². The average molecular weight is 253 g/mol. The molecule has 1 aliphatic heterocycles. The number of halogens is 1. The highest BCUT2D eigenvalue weighted by Gasteiger charge is 2.32. The molecule has 5 nitrogen and oxygen atoms in total. The highest BCUT2D eigenvalue weighted by Crippen LogP contribution is 2.29. The molecule has 0 spiro atoms. The maximum absolute atomic E-state index is 13.2. The van der Waals surface area contributed by atoms with Crippen LogP contribution in [0.25, 0.3) is 0 Å². The van der Waals surface area contributed by atoms with Crippen LogP contribution in [0.2, 0.25) is 0 Å². The molecule has 1 heterocycles. The Balaban J connectivity index is 2.39. The van der Waals surface area contributed by atoms with Crippen molar-refractivity contribution >= 4 is 11.5 Å². The van der Waals surface area contributed by atoms with Crippen LogP contribution < -0.4 is 10.6 Å². The summed E-state index contributed by atoms with van der Waals surface area (Å²) in [5, 5.41) is 21.6. The quantitative estimate of drug-likeness (QED) is 0.316. The Morgan fingerprint density at radius 3 is 2.83 bits per heavy atom. The first kappa shape index (κ1) is 12.6. The van der Waals surface area contributed by atoms with Crippen molar-refractivity contribution in [1.29, 1.82) is 0 Å². The van der Waals surface area contributed by atoms with E-state index >= 15 is 0 Å². The van der Waals surface area contributed by atoms with Crippen molar-refractivity contribution in [2.75, 3.05) is 18.0 Å². The predicted molar refractivity (Wildman–Crippen MR) is 66.4 cm³/mol. The maximum Gasteiger partial charge on any atom is 0.172 e.